The number of aryl methyl sites for hydroxylation is 2. The van der Waals surface area contributed by atoms with Crippen LogP contribution >= 0.6 is 0 Å². The lowest BCUT2D eigenvalue weighted by Crippen LogP contribution is -2.37. The molecule has 8 heteroatoms. The molecule has 0 bridgehead atoms. The Morgan fingerprint density at radius 3 is 2.42 bits per heavy atom. The quantitative estimate of drug-likeness (QED) is 0.515. The number of aromatic nitrogens is 3. The van der Waals surface area contributed by atoms with E-state index < -0.39 is 5.97 Å². The van der Waals surface area contributed by atoms with Crippen molar-refractivity contribution in [3.63, 3.8) is 0 Å². The monoisotopic (exact) mass is 452 g/mol. The summed E-state index contributed by atoms with van der Waals surface area (Å²) in [5, 5.41) is 5.04. The summed E-state index contributed by atoms with van der Waals surface area (Å²) in [5.74, 6) is 0.798. The second kappa shape index (κ2) is 9.77. The van der Waals surface area contributed by atoms with Gasteiger partial charge in [0.25, 0.3) is 5.91 Å². The number of fused-ring (bicyclic) bond motifs is 1. The number of amides is 1. The zero-order valence-corrected chi connectivity index (χ0v) is 19.9. The van der Waals surface area contributed by atoms with Crippen molar-refractivity contribution >= 4 is 22.9 Å². The van der Waals surface area contributed by atoms with Gasteiger partial charge in [-0.1, -0.05) is 19.3 Å². The van der Waals surface area contributed by atoms with Gasteiger partial charge >= 0.3 is 5.97 Å². The number of furan rings is 1. The molecule has 0 spiro atoms. The van der Waals surface area contributed by atoms with E-state index >= 15 is 0 Å². The van der Waals surface area contributed by atoms with Crippen LogP contribution in [0.1, 0.15) is 73.9 Å². The predicted molar refractivity (Wildman–Crippen MR) is 125 cm³/mol. The van der Waals surface area contributed by atoms with Gasteiger partial charge in [0.15, 0.2) is 12.3 Å². The topological polar surface area (TPSA) is 90.5 Å². The minimum atomic E-state index is -0.551. The summed E-state index contributed by atoms with van der Waals surface area (Å²) in [6.45, 7) is 8.94. The van der Waals surface area contributed by atoms with Crippen LogP contribution in [0.3, 0.4) is 0 Å². The molecule has 1 saturated heterocycles. The molecule has 0 radical (unpaired) electrons. The molecule has 176 valence electrons. The molecule has 0 unspecified atom stereocenters. The minimum absolute atomic E-state index is 0.0648. The third kappa shape index (κ3) is 4.94. The van der Waals surface area contributed by atoms with Crippen molar-refractivity contribution in [2.45, 2.75) is 65.8 Å². The number of pyridine rings is 1. The highest BCUT2D eigenvalue weighted by Crippen LogP contribution is 2.30. The van der Waals surface area contributed by atoms with E-state index in [4.69, 9.17) is 14.1 Å². The number of nitrogens with zero attached hydrogens (tertiary/aromatic N) is 4. The number of carbonyl (C=O) groups is 2. The fraction of sp³-hybridized carbons (Fsp3) is 0.520. The van der Waals surface area contributed by atoms with E-state index in [1.807, 2.05) is 38.7 Å². The van der Waals surface area contributed by atoms with Crippen LogP contribution in [0.2, 0.25) is 0 Å². The molecule has 1 fully saturated rings. The van der Waals surface area contributed by atoms with Gasteiger partial charge in [0.05, 0.1) is 22.8 Å². The molecule has 3 aromatic rings. The van der Waals surface area contributed by atoms with Crippen LogP contribution in [0, 0.1) is 13.8 Å². The van der Waals surface area contributed by atoms with Gasteiger partial charge in [-0.25, -0.2) is 14.5 Å². The summed E-state index contributed by atoms with van der Waals surface area (Å²) in [6.07, 6.45) is 7.10. The van der Waals surface area contributed by atoms with E-state index in [1.165, 1.54) is 6.42 Å². The largest absolute Gasteiger partial charge is 0.466 e. The molecule has 0 atom stereocenters. The Bertz CT molecular complexity index is 1150. The summed E-state index contributed by atoms with van der Waals surface area (Å²) in [7, 11) is 0. The highest BCUT2D eigenvalue weighted by molar-refractivity contribution is 6.04. The van der Waals surface area contributed by atoms with E-state index in [1.54, 1.807) is 16.9 Å². The van der Waals surface area contributed by atoms with Crippen molar-refractivity contribution in [1.82, 2.24) is 19.7 Å². The molecule has 8 nitrogen and oxygen atoms in total. The van der Waals surface area contributed by atoms with Crippen molar-refractivity contribution in [1.29, 1.82) is 0 Å². The summed E-state index contributed by atoms with van der Waals surface area (Å²) < 4.78 is 13.0. The Labute approximate surface area is 193 Å². The molecule has 0 N–H and O–H groups in total. The molecule has 0 saturated carbocycles. The molecule has 0 aromatic carbocycles. The summed E-state index contributed by atoms with van der Waals surface area (Å²) >= 11 is 0. The number of hydrogen-bond donors (Lipinski definition) is 0. The second-order valence-corrected chi connectivity index (χ2v) is 9.03. The Morgan fingerprint density at radius 1 is 1.09 bits per heavy atom. The fourth-order valence-corrected chi connectivity index (χ4v) is 4.38. The standard InChI is InChI=1S/C25H32N4O4/c1-16(2)29-24-21(14-26-29)20(13-22(27-24)19-12-17(3)33-18(19)4)25(31)32-15-23(30)28-10-8-6-5-7-9-11-28/h12-14,16H,5-11,15H2,1-4H3. The lowest BCUT2D eigenvalue weighted by molar-refractivity contribution is -0.134. The summed E-state index contributed by atoms with van der Waals surface area (Å²) in [4.78, 5) is 32.4. The molecule has 4 heterocycles. The van der Waals surface area contributed by atoms with E-state index in [-0.39, 0.29) is 18.6 Å². The second-order valence-electron chi connectivity index (χ2n) is 9.03. The minimum Gasteiger partial charge on any atom is -0.466 e. The summed E-state index contributed by atoms with van der Waals surface area (Å²) in [5.41, 5.74) is 2.38. The Morgan fingerprint density at radius 2 is 1.79 bits per heavy atom. The first-order valence-electron chi connectivity index (χ1n) is 11.8. The molecule has 3 aromatic heterocycles. The van der Waals surface area contributed by atoms with Crippen LogP contribution in [0.15, 0.2) is 22.7 Å². The van der Waals surface area contributed by atoms with Crippen molar-refractivity contribution < 1.29 is 18.7 Å². The van der Waals surface area contributed by atoms with Gasteiger partial charge in [0, 0.05) is 24.7 Å². The number of hydrogen-bond acceptors (Lipinski definition) is 6. The van der Waals surface area contributed by atoms with Gasteiger partial charge in [-0.3, -0.25) is 4.79 Å². The normalized spacial score (nSPS) is 15.0. The predicted octanol–water partition coefficient (Wildman–Crippen LogP) is 4.84. The van der Waals surface area contributed by atoms with E-state index in [0.717, 1.165) is 55.9 Å². The average molecular weight is 453 g/mol. The molecular weight excluding hydrogens is 420 g/mol. The van der Waals surface area contributed by atoms with Crippen LogP contribution in [0.5, 0.6) is 0 Å². The van der Waals surface area contributed by atoms with E-state index in [0.29, 0.717) is 22.3 Å². The van der Waals surface area contributed by atoms with Gasteiger partial charge in [-0.2, -0.15) is 5.10 Å². The van der Waals surface area contributed by atoms with Gasteiger partial charge < -0.3 is 14.1 Å². The van der Waals surface area contributed by atoms with Gasteiger partial charge in [-0.05, 0) is 52.7 Å². The van der Waals surface area contributed by atoms with Gasteiger partial charge in [0.2, 0.25) is 0 Å². The highest BCUT2D eigenvalue weighted by atomic mass is 16.5. The summed E-state index contributed by atoms with van der Waals surface area (Å²) in [6, 6.07) is 3.67. The maximum absolute atomic E-state index is 13.1. The number of likely N-dealkylation sites (tertiary alicyclic amines) is 1. The maximum atomic E-state index is 13.1. The fourth-order valence-electron chi connectivity index (χ4n) is 4.38. The van der Waals surface area contributed by atoms with Crippen LogP contribution in [-0.2, 0) is 9.53 Å². The molecular formula is C25H32N4O4. The Kier molecular flexibility index (Phi) is 6.81. The van der Waals surface area contributed by atoms with E-state index in [2.05, 4.69) is 5.10 Å². The Balaban J connectivity index is 1.62. The smallest absolute Gasteiger partial charge is 0.339 e. The zero-order chi connectivity index (χ0) is 23.5. The van der Waals surface area contributed by atoms with Crippen LogP contribution in [0.4, 0.5) is 0 Å². The molecule has 1 amide bonds. The van der Waals surface area contributed by atoms with Crippen LogP contribution in [0.25, 0.3) is 22.3 Å². The number of esters is 1. The first-order valence-corrected chi connectivity index (χ1v) is 11.8. The third-order valence-electron chi connectivity index (χ3n) is 6.13. The molecule has 4 rings (SSSR count). The first-order chi connectivity index (χ1) is 15.8. The van der Waals surface area contributed by atoms with Crippen molar-refractivity contribution in [3.05, 3.63) is 35.4 Å². The van der Waals surface area contributed by atoms with Crippen LogP contribution in [-0.4, -0.2) is 51.2 Å². The van der Waals surface area contributed by atoms with Crippen molar-refractivity contribution in [3.8, 4) is 11.3 Å². The number of rotatable bonds is 5. The average Bonchev–Trinajstić information content (AvgIpc) is 3.33. The SMILES string of the molecule is Cc1cc(-c2cc(C(=O)OCC(=O)N3CCCCCCC3)c3cnn(C(C)C)c3n2)c(C)o1. The van der Waals surface area contributed by atoms with Crippen molar-refractivity contribution in [2.24, 2.45) is 0 Å². The zero-order valence-electron chi connectivity index (χ0n) is 19.9. The van der Waals surface area contributed by atoms with Crippen LogP contribution < -0.4 is 0 Å². The van der Waals surface area contributed by atoms with Gasteiger partial charge in [-0.15, -0.1) is 0 Å². The first kappa shape index (κ1) is 23.0. The van der Waals surface area contributed by atoms with Gasteiger partial charge in [0.1, 0.15) is 11.5 Å². The highest BCUT2D eigenvalue weighted by Gasteiger charge is 2.23. The molecule has 33 heavy (non-hydrogen) atoms. The molecule has 0 aliphatic carbocycles. The Hall–Kier alpha value is -3.16. The maximum Gasteiger partial charge on any atom is 0.339 e. The number of ether oxygens (including phenoxy) is 1. The lowest BCUT2D eigenvalue weighted by Gasteiger charge is -2.24. The third-order valence-corrected chi connectivity index (χ3v) is 6.13. The molecule has 1 aliphatic rings. The van der Waals surface area contributed by atoms with Crippen molar-refractivity contribution in [2.75, 3.05) is 19.7 Å². The molecule has 1 aliphatic heterocycles. The lowest BCUT2D eigenvalue weighted by atomic mass is 10.1. The number of carbonyl (C=O) groups excluding carboxylic acids is 2. The van der Waals surface area contributed by atoms with E-state index in [9.17, 15) is 9.59 Å².